The first-order valence-corrected chi connectivity index (χ1v) is 15.2. The summed E-state index contributed by atoms with van der Waals surface area (Å²) < 4.78 is 42.8. The molecule has 1 fully saturated rings. The molecule has 1 aliphatic carbocycles. The van der Waals surface area contributed by atoms with Crippen molar-refractivity contribution in [2.45, 2.75) is 95.9 Å². The number of pyridine rings is 1. The maximum Gasteiger partial charge on any atom is 0.257 e. The van der Waals surface area contributed by atoms with Gasteiger partial charge < -0.3 is 42.8 Å². The van der Waals surface area contributed by atoms with Crippen LogP contribution < -0.4 is 10.3 Å². The zero-order valence-corrected chi connectivity index (χ0v) is 27.5. The highest BCUT2D eigenvalue weighted by Gasteiger charge is 2.55. The molecule has 0 spiro atoms. The Bertz CT molecular complexity index is 1130. The summed E-state index contributed by atoms with van der Waals surface area (Å²) in [4.78, 5) is 13.3. The summed E-state index contributed by atoms with van der Waals surface area (Å²) in [7, 11) is 8.03. The van der Waals surface area contributed by atoms with Gasteiger partial charge in [0.15, 0.2) is 0 Å². The lowest BCUT2D eigenvalue weighted by Crippen LogP contribution is -2.38. The minimum atomic E-state index is -0.862. The molecule has 0 amide bonds. The first kappa shape index (κ1) is 35.4. The van der Waals surface area contributed by atoms with Gasteiger partial charge in [-0.1, -0.05) is 39.8 Å². The van der Waals surface area contributed by atoms with Gasteiger partial charge >= 0.3 is 0 Å². The Hall–Kier alpha value is -2.05. The van der Waals surface area contributed by atoms with Crippen LogP contribution in [0.1, 0.15) is 64.0 Å². The van der Waals surface area contributed by atoms with Gasteiger partial charge in [-0.15, -0.1) is 0 Å². The van der Waals surface area contributed by atoms with Crippen molar-refractivity contribution in [3.63, 3.8) is 0 Å². The van der Waals surface area contributed by atoms with Crippen LogP contribution in [-0.4, -0.2) is 88.3 Å². The molecule has 2 unspecified atom stereocenters. The van der Waals surface area contributed by atoms with E-state index in [4.69, 9.17) is 33.2 Å². The van der Waals surface area contributed by atoms with E-state index < -0.39 is 42.5 Å². The fraction of sp³-hybridized carbons (Fsp3) is 0.727. The zero-order valence-electron chi connectivity index (χ0n) is 27.5. The lowest BCUT2D eigenvalue weighted by molar-refractivity contribution is -0.141. The summed E-state index contributed by atoms with van der Waals surface area (Å²) in [6.07, 6.45) is 3.62. The third-order valence-electron chi connectivity index (χ3n) is 8.92. The van der Waals surface area contributed by atoms with Crippen LogP contribution in [0.25, 0.3) is 0 Å². The Labute approximate surface area is 256 Å². The summed E-state index contributed by atoms with van der Waals surface area (Å²) in [5.74, 6) is 0.949. The van der Waals surface area contributed by atoms with E-state index in [1.807, 2.05) is 6.92 Å². The zero-order chi connectivity index (χ0) is 31.8. The van der Waals surface area contributed by atoms with Gasteiger partial charge in [0.25, 0.3) is 5.56 Å². The van der Waals surface area contributed by atoms with Gasteiger partial charge in [-0.05, 0) is 49.2 Å². The predicted octanol–water partition coefficient (Wildman–Crippen LogP) is 4.12. The molecule has 10 heteroatoms. The number of aliphatic hydroxyl groups excluding tert-OH is 1. The monoisotopic (exact) mass is 607 g/mol. The Balaban J connectivity index is 2.02. The molecule has 0 aromatic carbocycles. The molecule has 0 saturated heterocycles. The van der Waals surface area contributed by atoms with E-state index in [1.54, 1.807) is 46.3 Å². The van der Waals surface area contributed by atoms with Crippen molar-refractivity contribution in [1.82, 2.24) is 4.57 Å². The van der Waals surface area contributed by atoms with Crippen LogP contribution in [0, 0.1) is 11.8 Å². The Morgan fingerprint density at radius 2 is 1.67 bits per heavy atom. The molecular formula is C33H53NO9. The first-order valence-electron chi connectivity index (χ1n) is 15.2. The molecule has 10 nitrogen and oxygen atoms in total. The molecule has 3 rings (SSSR count). The molecule has 0 radical (unpaired) electrons. The van der Waals surface area contributed by atoms with Gasteiger partial charge in [-0.3, -0.25) is 4.79 Å². The van der Waals surface area contributed by atoms with Crippen molar-refractivity contribution in [1.29, 1.82) is 0 Å². The molecule has 1 aliphatic heterocycles. The quantitative estimate of drug-likeness (QED) is 0.219. The summed E-state index contributed by atoms with van der Waals surface area (Å²) in [6, 6.07) is 0. The summed E-state index contributed by atoms with van der Waals surface area (Å²) in [5, 5.41) is 11.3. The SMILES string of the molecule is C=C(C1CCc2c(c(C3[C@@H](OCOC)[C@@H](OC)[C@@H](OC)[C@H]3OCOC)cn(C)c2=O)O1)[C@H](O)/C(C)=C/[C@@H](C)C[C@H](C)CC. The molecule has 2 heterocycles. The number of aliphatic hydroxyl groups is 1. The van der Waals surface area contributed by atoms with Crippen molar-refractivity contribution in [3.05, 3.63) is 51.5 Å². The number of nitrogens with zero attached hydrogens (tertiary/aromatic N) is 1. The average Bonchev–Trinajstić information content (AvgIpc) is 3.30. The topological polar surface area (TPSA) is 107 Å². The van der Waals surface area contributed by atoms with Crippen molar-refractivity contribution in [3.8, 4) is 5.75 Å². The molecule has 244 valence electrons. The van der Waals surface area contributed by atoms with Gasteiger partial charge in [0.2, 0.25) is 0 Å². The van der Waals surface area contributed by atoms with Crippen molar-refractivity contribution < 1.29 is 38.3 Å². The smallest absolute Gasteiger partial charge is 0.257 e. The predicted molar refractivity (Wildman–Crippen MR) is 164 cm³/mol. The van der Waals surface area contributed by atoms with E-state index in [1.165, 1.54) is 0 Å². The van der Waals surface area contributed by atoms with E-state index in [0.717, 1.165) is 24.0 Å². The van der Waals surface area contributed by atoms with Crippen molar-refractivity contribution in [2.75, 3.05) is 42.0 Å². The normalized spacial score (nSPS) is 27.8. The molecule has 0 bridgehead atoms. The molecule has 1 aromatic heterocycles. The maximum absolute atomic E-state index is 13.3. The molecule has 2 aliphatic rings. The second-order valence-electron chi connectivity index (χ2n) is 12.1. The number of aromatic nitrogens is 1. The van der Waals surface area contributed by atoms with Gasteiger partial charge in [-0.2, -0.15) is 0 Å². The van der Waals surface area contributed by atoms with Gasteiger partial charge in [-0.25, -0.2) is 0 Å². The number of aryl methyl sites for hydroxylation is 1. The van der Waals surface area contributed by atoms with Crippen LogP contribution in [0.15, 0.2) is 34.8 Å². The van der Waals surface area contributed by atoms with E-state index in [2.05, 4.69) is 33.4 Å². The Kier molecular flexibility index (Phi) is 13.4. The van der Waals surface area contributed by atoms with Crippen LogP contribution in [0.3, 0.4) is 0 Å². The van der Waals surface area contributed by atoms with E-state index >= 15 is 0 Å². The van der Waals surface area contributed by atoms with Crippen LogP contribution in [0.4, 0.5) is 0 Å². The van der Waals surface area contributed by atoms with E-state index in [0.29, 0.717) is 41.6 Å². The van der Waals surface area contributed by atoms with Crippen LogP contribution in [0.2, 0.25) is 0 Å². The fourth-order valence-corrected chi connectivity index (χ4v) is 6.57. The molecule has 1 N–H and O–H groups in total. The van der Waals surface area contributed by atoms with Crippen molar-refractivity contribution >= 4 is 0 Å². The first-order chi connectivity index (χ1) is 20.5. The second-order valence-corrected chi connectivity index (χ2v) is 12.1. The van der Waals surface area contributed by atoms with E-state index in [9.17, 15) is 9.90 Å². The Morgan fingerprint density at radius 3 is 2.19 bits per heavy atom. The summed E-state index contributed by atoms with van der Waals surface area (Å²) in [5.41, 5.74) is 2.58. The standard InChI is InChI=1S/C33H53NO9/c1-11-19(2)14-20(3)15-21(4)27(35)22(5)25-13-12-23-28(43-25)24(16-34(6)33(23)36)26-29(41-17-37-7)31(39-9)32(40-10)30(26)42-18-38-8/h15-16,19-20,25-27,29-32,35H,5,11-14,17-18H2,1-4,6-10H3/b21-15+/t19-,20+,25?,26?,27-,29-,30+,31-,32+/m1/s1. The minimum Gasteiger partial charge on any atom is -0.485 e. The fourth-order valence-electron chi connectivity index (χ4n) is 6.57. The van der Waals surface area contributed by atoms with E-state index in [-0.39, 0.29) is 19.1 Å². The Morgan fingerprint density at radius 1 is 1.09 bits per heavy atom. The minimum absolute atomic E-state index is 0.0238. The number of allylic oxidation sites excluding steroid dienone is 1. The van der Waals surface area contributed by atoms with Crippen LogP contribution in [0.5, 0.6) is 5.75 Å². The van der Waals surface area contributed by atoms with Crippen molar-refractivity contribution in [2.24, 2.45) is 18.9 Å². The largest absolute Gasteiger partial charge is 0.485 e. The number of hydrogen-bond acceptors (Lipinski definition) is 9. The number of ether oxygens (including phenoxy) is 7. The molecule has 1 saturated carbocycles. The summed E-state index contributed by atoms with van der Waals surface area (Å²) >= 11 is 0. The lowest BCUT2D eigenvalue weighted by atomic mass is 9.87. The molecule has 9 atom stereocenters. The third-order valence-corrected chi connectivity index (χ3v) is 8.92. The second kappa shape index (κ2) is 16.3. The highest BCUT2D eigenvalue weighted by atomic mass is 16.7. The van der Waals surface area contributed by atoms with Crippen LogP contribution >= 0.6 is 0 Å². The molecule has 43 heavy (non-hydrogen) atoms. The summed E-state index contributed by atoms with van der Waals surface area (Å²) in [6.45, 7) is 12.9. The third kappa shape index (κ3) is 7.97. The number of rotatable bonds is 16. The van der Waals surface area contributed by atoms with Gasteiger partial charge in [0, 0.05) is 53.2 Å². The lowest BCUT2D eigenvalue weighted by Gasteiger charge is -2.34. The van der Waals surface area contributed by atoms with Crippen LogP contribution in [-0.2, 0) is 41.9 Å². The average molecular weight is 608 g/mol. The highest BCUT2D eigenvalue weighted by Crippen LogP contribution is 2.46. The van der Waals surface area contributed by atoms with Gasteiger partial charge in [0.05, 0.1) is 23.9 Å². The highest BCUT2D eigenvalue weighted by molar-refractivity contribution is 5.46. The molecule has 1 aromatic rings. The molecular weight excluding hydrogens is 554 g/mol. The van der Waals surface area contributed by atoms with Gasteiger partial charge in [0.1, 0.15) is 37.6 Å². The number of fused-ring (bicyclic) bond motifs is 1. The maximum atomic E-state index is 13.3. The number of hydrogen-bond donors (Lipinski definition) is 1. The number of methoxy groups -OCH3 is 4.